The third-order valence-corrected chi connectivity index (χ3v) is 4.61. The van der Waals surface area contributed by atoms with Crippen LogP contribution in [0, 0.1) is 5.92 Å². The second kappa shape index (κ2) is 8.05. The molecule has 1 saturated carbocycles. The van der Waals surface area contributed by atoms with Crippen LogP contribution in [0.1, 0.15) is 46.5 Å². The number of esters is 1. The highest BCUT2D eigenvalue weighted by Crippen LogP contribution is 2.42. The molecule has 18 heavy (non-hydrogen) atoms. The first-order valence-electron chi connectivity index (χ1n) is 7.21. The van der Waals surface area contributed by atoms with E-state index in [1.54, 1.807) is 0 Å². The molecule has 0 aromatic carbocycles. The lowest BCUT2D eigenvalue weighted by atomic mass is 9.95. The first kappa shape index (κ1) is 15.8. The van der Waals surface area contributed by atoms with Gasteiger partial charge in [0.05, 0.1) is 6.61 Å². The summed E-state index contributed by atoms with van der Waals surface area (Å²) >= 11 is 1.88. The molecule has 0 aliphatic heterocycles. The van der Waals surface area contributed by atoms with Crippen LogP contribution in [0.15, 0.2) is 0 Å². The summed E-state index contributed by atoms with van der Waals surface area (Å²) in [6.45, 7) is 7.44. The van der Waals surface area contributed by atoms with Crippen LogP contribution >= 0.6 is 11.8 Å². The Morgan fingerprint density at radius 2 is 2.11 bits per heavy atom. The van der Waals surface area contributed by atoms with Gasteiger partial charge in [0, 0.05) is 5.75 Å². The number of hydrogen-bond acceptors (Lipinski definition) is 4. The van der Waals surface area contributed by atoms with E-state index >= 15 is 0 Å². The number of thioether (sulfide) groups is 1. The normalized spacial score (nSPS) is 18.4. The maximum atomic E-state index is 12.3. The van der Waals surface area contributed by atoms with Crippen LogP contribution in [-0.2, 0) is 9.53 Å². The fourth-order valence-corrected chi connectivity index (χ4v) is 3.66. The number of carbonyl (C=O) groups is 1. The first-order valence-corrected chi connectivity index (χ1v) is 8.36. The molecule has 1 unspecified atom stereocenters. The number of likely N-dealkylation sites (N-methyl/N-ethyl adjacent to an activating group) is 1. The molecule has 0 aromatic rings. The zero-order valence-corrected chi connectivity index (χ0v) is 12.8. The Kier molecular flexibility index (Phi) is 7.08. The summed E-state index contributed by atoms with van der Waals surface area (Å²) in [4.78, 5) is 12.3. The molecule has 0 bridgehead atoms. The third-order valence-electron chi connectivity index (χ3n) is 3.38. The Labute approximate surface area is 115 Å². The molecular formula is C14H27NO2S. The topological polar surface area (TPSA) is 38.3 Å². The van der Waals surface area contributed by atoms with Crippen molar-refractivity contribution < 1.29 is 9.53 Å². The quantitative estimate of drug-likeness (QED) is 0.491. The van der Waals surface area contributed by atoms with Gasteiger partial charge < -0.3 is 10.1 Å². The number of hydrogen-bond donors (Lipinski definition) is 1. The van der Waals surface area contributed by atoms with Gasteiger partial charge in [-0.2, -0.15) is 11.8 Å². The summed E-state index contributed by atoms with van der Waals surface area (Å²) in [5.41, 5.74) is -0.427. The van der Waals surface area contributed by atoms with Crippen molar-refractivity contribution >= 4 is 17.7 Å². The number of carbonyl (C=O) groups excluding carboxylic acids is 1. The Morgan fingerprint density at radius 1 is 1.39 bits per heavy atom. The number of ether oxygens (including phenoxy) is 1. The van der Waals surface area contributed by atoms with E-state index in [0.717, 1.165) is 30.9 Å². The molecule has 0 saturated heterocycles. The van der Waals surface area contributed by atoms with Crippen LogP contribution in [0.2, 0.25) is 0 Å². The SMILES string of the molecule is CCCCSCC(NCC)(C(=O)OCC)C1CC1. The predicted octanol–water partition coefficient (Wildman–Crippen LogP) is 2.84. The van der Waals surface area contributed by atoms with Gasteiger partial charge in [-0.15, -0.1) is 0 Å². The molecule has 4 heteroatoms. The van der Waals surface area contributed by atoms with E-state index in [-0.39, 0.29) is 5.97 Å². The summed E-state index contributed by atoms with van der Waals surface area (Å²) in [6, 6.07) is 0. The van der Waals surface area contributed by atoms with Gasteiger partial charge in [0.15, 0.2) is 0 Å². The van der Waals surface area contributed by atoms with Crippen molar-refractivity contribution in [3.63, 3.8) is 0 Å². The lowest BCUT2D eigenvalue weighted by Crippen LogP contribution is -2.57. The van der Waals surface area contributed by atoms with Crippen molar-refractivity contribution in [1.82, 2.24) is 5.32 Å². The summed E-state index contributed by atoms with van der Waals surface area (Å²) in [6.07, 6.45) is 4.74. The van der Waals surface area contributed by atoms with E-state index in [1.165, 1.54) is 12.8 Å². The van der Waals surface area contributed by atoms with Gasteiger partial charge in [-0.3, -0.25) is 4.79 Å². The van der Waals surface area contributed by atoms with E-state index in [2.05, 4.69) is 19.2 Å². The van der Waals surface area contributed by atoms with Gasteiger partial charge in [-0.05, 0) is 44.4 Å². The molecule has 1 N–H and O–H groups in total. The summed E-state index contributed by atoms with van der Waals surface area (Å²) in [5.74, 6) is 2.42. The Hall–Kier alpha value is -0.220. The van der Waals surface area contributed by atoms with Crippen molar-refractivity contribution in [2.45, 2.75) is 52.0 Å². The third kappa shape index (κ3) is 4.16. The molecule has 0 heterocycles. The fraction of sp³-hybridized carbons (Fsp3) is 0.929. The number of unbranched alkanes of at least 4 members (excludes halogenated alkanes) is 1. The van der Waals surface area contributed by atoms with Crippen LogP contribution in [0.5, 0.6) is 0 Å². The second-order valence-corrected chi connectivity index (χ2v) is 6.01. The molecule has 1 rings (SSSR count). The summed E-state index contributed by atoms with van der Waals surface area (Å²) < 4.78 is 5.30. The van der Waals surface area contributed by atoms with Crippen molar-refractivity contribution in [2.24, 2.45) is 5.92 Å². The van der Waals surface area contributed by atoms with Gasteiger partial charge in [-0.1, -0.05) is 20.3 Å². The van der Waals surface area contributed by atoms with Crippen LogP contribution < -0.4 is 5.32 Å². The van der Waals surface area contributed by atoms with E-state index in [4.69, 9.17) is 4.74 Å². The van der Waals surface area contributed by atoms with Gasteiger partial charge in [0.25, 0.3) is 0 Å². The molecule has 0 amide bonds. The Morgan fingerprint density at radius 3 is 2.61 bits per heavy atom. The summed E-state index contributed by atoms with van der Waals surface area (Å²) in [5, 5.41) is 3.42. The summed E-state index contributed by atoms with van der Waals surface area (Å²) in [7, 11) is 0. The average Bonchev–Trinajstić information content (AvgIpc) is 3.18. The molecule has 1 atom stereocenters. The van der Waals surface area contributed by atoms with Gasteiger partial charge in [-0.25, -0.2) is 0 Å². The van der Waals surface area contributed by atoms with Gasteiger partial charge in [0.1, 0.15) is 5.54 Å². The standard InChI is InChI=1S/C14H27NO2S/c1-4-7-10-18-11-14(15-5-2,12-8-9-12)13(16)17-6-3/h12,15H,4-11H2,1-3H3. The van der Waals surface area contributed by atoms with Crippen molar-refractivity contribution in [3.05, 3.63) is 0 Å². The van der Waals surface area contributed by atoms with Crippen molar-refractivity contribution in [2.75, 3.05) is 24.7 Å². The van der Waals surface area contributed by atoms with E-state index in [0.29, 0.717) is 12.5 Å². The smallest absolute Gasteiger partial charge is 0.327 e. The Bertz CT molecular complexity index is 256. The minimum atomic E-state index is -0.427. The highest BCUT2D eigenvalue weighted by molar-refractivity contribution is 7.99. The molecule has 1 fully saturated rings. The molecule has 0 aromatic heterocycles. The minimum absolute atomic E-state index is 0.0432. The molecule has 106 valence electrons. The van der Waals surface area contributed by atoms with Crippen LogP contribution in [0.3, 0.4) is 0 Å². The van der Waals surface area contributed by atoms with E-state index < -0.39 is 5.54 Å². The zero-order valence-electron chi connectivity index (χ0n) is 12.0. The zero-order chi connectivity index (χ0) is 13.4. The highest BCUT2D eigenvalue weighted by atomic mass is 32.2. The molecule has 3 nitrogen and oxygen atoms in total. The maximum Gasteiger partial charge on any atom is 0.327 e. The van der Waals surface area contributed by atoms with Gasteiger partial charge >= 0.3 is 5.97 Å². The molecule has 1 aliphatic carbocycles. The first-order chi connectivity index (χ1) is 8.71. The van der Waals surface area contributed by atoms with Crippen LogP contribution in [0.25, 0.3) is 0 Å². The monoisotopic (exact) mass is 273 g/mol. The second-order valence-electron chi connectivity index (χ2n) is 4.90. The average molecular weight is 273 g/mol. The van der Waals surface area contributed by atoms with Crippen LogP contribution in [-0.4, -0.2) is 36.2 Å². The molecule has 0 spiro atoms. The fourth-order valence-electron chi connectivity index (χ4n) is 2.24. The lowest BCUT2D eigenvalue weighted by Gasteiger charge is -2.32. The molecule has 1 aliphatic rings. The van der Waals surface area contributed by atoms with E-state index in [9.17, 15) is 4.79 Å². The maximum absolute atomic E-state index is 12.3. The lowest BCUT2D eigenvalue weighted by molar-refractivity contribution is -0.151. The number of rotatable bonds is 10. The molecule has 0 radical (unpaired) electrons. The number of nitrogens with one attached hydrogen (secondary N) is 1. The molecular weight excluding hydrogens is 246 g/mol. The van der Waals surface area contributed by atoms with Crippen molar-refractivity contribution in [3.8, 4) is 0 Å². The Balaban J connectivity index is 2.61. The van der Waals surface area contributed by atoms with E-state index in [1.807, 2.05) is 18.7 Å². The van der Waals surface area contributed by atoms with Gasteiger partial charge in [0.2, 0.25) is 0 Å². The van der Waals surface area contributed by atoms with Crippen LogP contribution in [0.4, 0.5) is 0 Å². The largest absolute Gasteiger partial charge is 0.465 e. The van der Waals surface area contributed by atoms with Crippen molar-refractivity contribution in [1.29, 1.82) is 0 Å². The highest BCUT2D eigenvalue weighted by Gasteiger charge is 2.51. The predicted molar refractivity (Wildman–Crippen MR) is 78.0 cm³/mol. The minimum Gasteiger partial charge on any atom is -0.465 e.